The second-order valence-corrected chi connectivity index (χ2v) is 10.9. The quantitative estimate of drug-likeness (QED) is 0.507. The van der Waals surface area contributed by atoms with Crippen LogP contribution in [0, 0.1) is 0 Å². The number of nitrogens with one attached hydrogen (secondary N) is 4. The molecule has 0 aromatic heterocycles. The number of hydrogen-bond acceptors (Lipinski definition) is 6. The second kappa shape index (κ2) is 20.0. The molecule has 2 aliphatic heterocycles. The van der Waals surface area contributed by atoms with Crippen molar-refractivity contribution in [2.24, 2.45) is 0 Å². The van der Waals surface area contributed by atoms with Gasteiger partial charge in [-0.2, -0.15) is 0 Å². The fourth-order valence-electron chi connectivity index (χ4n) is 5.36. The highest BCUT2D eigenvalue weighted by atomic mass is 15.1. The van der Waals surface area contributed by atoms with Crippen molar-refractivity contribution in [3.05, 3.63) is 35.4 Å². The van der Waals surface area contributed by atoms with Crippen molar-refractivity contribution in [3.63, 3.8) is 0 Å². The molecule has 6 nitrogen and oxygen atoms in total. The van der Waals surface area contributed by atoms with Crippen LogP contribution in [0.15, 0.2) is 24.3 Å². The van der Waals surface area contributed by atoms with Gasteiger partial charge in [0.15, 0.2) is 0 Å². The fraction of sp³-hybridized carbons (Fsp3) is 0.800. The Kier molecular flexibility index (Phi) is 16.4. The molecular formula is C30H56N6. The summed E-state index contributed by atoms with van der Waals surface area (Å²) in [5, 5.41) is 14.4. The van der Waals surface area contributed by atoms with Gasteiger partial charge in [0.05, 0.1) is 0 Å². The predicted octanol–water partition coefficient (Wildman–Crippen LogP) is 3.58. The minimum absolute atomic E-state index is 1.08. The lowest BCUT2D eigenvalue weighted by atomic mass is 10.1. The Morgan fingerprint density at radius 3 is 1.42 bits per heavy atom. The molecular weight excluding hydrogens is 444 g/mol. The van der Waals surface area contributed by atoms with Gasteiger partial charge < -0.3 is 21.3 Å². The number of rotatable bonds is 4. The maximum absolute atomic E-state index is 3.65. The highest BCUT2D eigenvalue weighted by Gasteiger charge is 2.09. The summed E-state index contributed by atoms with van der Waals surface area (Å²) in [5.41, 5.74) is 2.93. The first-order valence-electron chi connectivity index (χ1n) is 15.3. The van der Waals surface area contributed by atoms with E-state index in [1.54, 1.807) is 0 Å². The van der Waals surface area contributed by atoms with E-state index in [0.717, 1.165) is 58.9 Å². The maximum Gasteiger partial charge on any atom is 0.0234 e. The molecule has 0 radical (unpaired) electrons. The monoisotopic (exact) mass is 500 g/mol. The maximum atomic E-state index is 3.65. The largest absolute Gasteiger partial charge is 0.317 e. The lowest BCUT2D eigenvalue weighted by molar-refractivity contribution is 0.253. The van der Waals surface area contributed by atoms with Gasteiger partial charge in [0.1, 0.15) is 0 Å². The first-order valence-corrected chi connectivity index (χ1v) is 15.3. The lowest BCUT2D eigenvalue weighted by Gasteiger charge is -2.24. The molecule has 0 amide bonds. The van der Waals surface area contributed by atoms with E-state index in [9.17, 15) is 0 Å². The highest BCUT2D eigenvalue weighted by Crippen LogP contribution is 2.13. The Labute approximate surface area is 222 Å². The smallest absolute Gasteiger partial charge is 0.0234 e. The average molecular weight is 501 g/mol. The molecule has 0 saturated carbocycles. The van der Waals surface area contributed by atoms with Crippen LogP contribution in [0.4, 0.5) is 0 Å². The van der Waals surface area contributed by atoms with Crippen LogP contribution >= 0.6 is 0 Å². The van der Waals surface area contributed by atoms with Gasteiger partial charge in [0.25, 0.3) is 0 Å². The van der Waals surface area contributed by atoms with Crippen LogP contribution in [-0.4, -0.2) is 88.3 Å². The second-order valence-electron chi connectivity index (χ2n) is 10.9. The van der Waals surface area contributed by atoms with Crippen LogP contribution in [0.5, 0.6) is 0 Å². The van der Waals surface area contributed by atoms with Crippen LogP contribution in [0.2, 0.25) is 0 Å². The van der Waals surface area contributed by atoms with Crippen LogP contribution in [0.25, 0.3) is 0 Å². The summed E-state index contributed by atoms with van der Waals surface area (Å²) >= 11 is 0. The van der Waals surface area contributed by atoms with Crippen molar-refractivity contribution >= 4 is 0 Å². The third kappa shape index (κ3) is 14.1. The molecule has 0 atom stereocenters. The summed E-state index contributed by atoms with van der Waals surface area (Å²) in [4.78, 5) is 5.35. The summed E-state index contributed by atoms with van der Waals surface area (Å²) in [6.07, 6.45) is 13.2. The zero-order valence-electron chi connectivity index (χ0n) is 23.2. The van der Waals surface area contributed by atoms with Gasteiger partial charge in [0, 0.05) is 39.3 Å². The van der Waals surface area contributed by atoms with E-state index in [-0.39, 0.29) is 0 Å². The van der Waals surface area contributed by atoms with Crippen LogP contribution in [0.1, 0.15) is 75.3 Å². The summed E-state index contributed by atoms with van der Waals surface area (Å²) in [6.45, 7) is 16.0. The van der Waals surface area contributed by atoms with Crippen molar-refractivity contribution in [3.8, 4) is 0 Å². The summed E-state index contributed by atoms with van der Waals surface area (Å²) in [6, 6.07) is 9.55. The molecule has 2 saturated heterocycles. The predicted molar refractivity (Wildman–Crippen MR) is 155 cm³/mol. The number of nitrogens with zero attached hydrogens (tertiary/aromatic N) is 2. The molecule has 2 aliphatic rings. The van der Waals surface area contributed by atoms with Crippen LogP contribution in [0.3, 0.4) is 0 Å². The topological polar surface area (TPSA) is 54.6 Å². The average Bonchev–Trinajstić information content (AvgIpc) is 2.89. The third-order valence-electron chi connectivity index (χ3n) is 7.61. The van der Waals surface area contributed by atoms with Crippen molar-refractivity contribution in [2.45, 2.75) is 77.3 Å². The van der Waals surface area contributed by atoms with Crippen LogP contribution in [-0.2, 0) is 13.1 Å². The standard InChI is InChI=1S/C30H56N6/c1-4-8-24-36(26-22-34-18-9-17-31-15-5-1)28-30-13-11-29(12-14-30)27-35-23-7-3-2-6-16-32-20-21-33-19-10-25-35/h11-14,31-34H,1-10,15-28H2. The molecule has 0 unspecified atom stereocenters. The molecule has 0 spiro atoms. The van der Waals surface area contributed by atoms with E-state index in [2.05, 4.69) is 55.3 Å². The molecule has 36 heavy (non-hydrogen) atoms. The molecule has 3 rings (SSSR count). The zero-order valence-corrected chi connectivity index (χ0v) is 23.2. The van der Waals surface area contributed by atoms with Gasteiger partial charge in [-0.25, -0.2) is 0 Å². The van der Waals surface area contributed by atoms with Gasteiger partial charge in [-0.05, 0) is 102 Å². The van der Waals surface area contributed by atoms with Crippen molar-refractivity contribution in [1.82, 2.24) is 31.1 Å². The van der Waals surface area contributed by atoms with Crippen molar-refractivity contribution in [2.75, 3.05) is 78.5 Å². The number of hydrogen-bond donors (Lipinski definition) is 4. The van der Waals surface area contributed by atoms with Gasteiger partial charge in [-0.3, -0.25) is 9.80 Å². The molecule has 1 aromatic carbocycles. The fourth-order valence-corrected chi connectivity index (χ4v) is 5.36. The van der Waals surface area contributed by atoms with E-state index < -0.39 is 0 Å². The normalized spacial score (nSPS) is 22.9. The minimum atomic E-state index is 1.08. The Balaban J connectivity index is 1.45. The van der Waals surface area contributed by atoms with E-state index in [1.165, 1.54) is 108 Å². The van der Waals surface area contributed by atoms with Crippen LogP contribution < -0.4 is 21.3 Å². The summed E-state index contributed by atoms with van der Waals surface area (Å²) < 4.78 is 0. The highest BCUT2D eigenvalue weighted by molar-refractivity contribution is 5.22. The van der Waals surface area contributed by atoms with Crippen molar-refractivity contribution < 1.29 is 0 Å². The minimum Gasteiger partial charge on any atom is -0.317 e. The summed E-state index contributed by atoms with van der Waals surface area (Å²) in [7, 11) is 0. The van der Waals surface area contributed by atoms with Crippen molar-refractivity contribution in [1.29, 1.82) is 0 Å². The molecule has 206 valence electrons. The molecule has 2 fully saturated rings. The first-order chi connectivity index (χ1) is 17.9. The third-order valence-corrected chi connectivity index (χ3v) is 7.61. The molecule has 4 N–H and O–H groups in total. The van der Waals surface area contributed by atoms with E-state index >= 15 is 0 Å². The zero-order chi connectivity index (χ0) is 24.9. The van der Waals surface area contributed by atoms with E-state index in [1.807, 2.05) is 0 Å². The summed E-state index contributed by atoms with van der Waals surface area (Å²) in [5.74, 6) is 0. The van der Waals surface area contributed by atoms with Gasteiger partial charge >= 0.3 is 0 Å². The van der Waals surface area contributed by atoms with Gasteiger partial charge in [0.2, 0.25) is 0 Å². The first kappa shape index (κ1) is 29.5. The molecule has 6 heteroatoms. The molecule has 1 aromatic rings. The van der Waals surface area contributed by atoms with E-state index in [4.69, 9.17) is 0 Å². The number of benzene rings is 1. The SMILES string of the molecule is c1cc(CN2CCCCCCNCCCNCC2)ccc1CN1CCCCCCNCCNCCC1. The van der Waals surface area contributed by atoms with Gasteiger partial charge in [-0.15, -0.1) is 0 Å². The van der Waals surface area contributed by atoms with Gasteiger partial charge in [-0.1, -0.05) is 49.9 Å². The molecule has 0 aliphatic carbocycles. The Hall–Kier alpha value is -1.02. The van der Waals surface area contributed by atoms with E-state index in [0.29, 0.717) is 0 Å². The molecule has 2 heterocycles. The Morgan fingerprint density at radius 1 is 0.389 bits per heavy atom. The Bertz CT molecular complexity index is 554. The Morgan fingerprint density at radius 2 is 0.806 bits per heavy atom. The lowest BCUT2D eigenvalue weighted by Crippen LogP contribution is -2.34. The molecule has 0 bridgehead atoms.